The zero-order valence-corrected chi connectivity index (χ0v) is 18.4. The van der Waals surface area contributed by atoms with E-state index in [0.29, 0.717) is 35.3 Å². The third-order valence-corrected chi connectivity index (χ3v) is 5.52. The standard InChI is InChI=1S/C21H26N8O3/c1-5-23-16-8-12(6-7-24-16)19-26-14(11-32-19)18(30)25-13-9-28(4)27-17(13)29-10-15(22)21(2,3)20(29)31/h6-9,11,15H,5,10,22H2,1-4H3,(H,23,24)(H,25,30). The minimum absolute atomic E-state index is 0.0985. The summed E-state index contributed by atoms with van der Waals surface area (Å²) in [5, 5.41) is 10.3. The number of oxazole rings is 1. The van der Waals surface area contributed by atoms with Gasteiger partial charge in [-0.1, -0.05) is 0 Å². The molecule has 4 heterocycles. The van der Waals surface area contributed by atoms with Crippen molar-refractivity contribution >= 4 is 29.1 Å². The van der Waals surface area contributed by atoms with Gasteiger partial charge in [-0.15, -0.1) is 0 Å². The van der Waals surface area contributed by atoms with Gasteiger partial charge >= 0.3 is 0 Å². The fourth-order valence-corrected chi connectivity index (χ4v) is 3.50. The highest BCUT2D eigenvalue weighted by atomic mass is 16.3. The Balaban J connectivity index is 1.55. The SMILES string of the molecule is CCNc1cc(-c2nc(C(=O)Nc3cn(C)nc3N3CC(N)C(C)(C)C3=O)co2)ccn1. The largest absolute Gasteiger partial charge is 0.444 e. The summed E-state index contributed by atoms with van der Waals surface area (Å²) in [6, 6.07) is 3.20. The molecule has 4 N–H and O–H groups in total. The normalized spacial score (nSPS) is 17.6. The van der Waals surface area contributed by atoms with Crippen LogP contribution in [0.4, 0.5) is 17.3 Å². The number of carbonyl (C=O) groups excluding carboxylic acids is 2. The molecule has 1 saturated heterocycles. The smallest absolute Gasteiger partial charge is 0.277 e. The predicted octanol–water partition coefficient (Wildman–Crippen LogP) is 1.85. The number of carbonyl (C=O) groups is 2. The molecule has 0 aromatic carbocycles. The maximum atomic E-state index is 12.9. The van der Waals surface area contributed by atoms with E-state index in [1.807, 2.05) is 6.92 Å². The van der Waals surface area contributed by atoms with Gasteiger partial charge in [0.05, 0.1) is 11.6 Å². The maximum Gasteiger partial charge on any atom is 0.277 e. The Hall–Kier alpha value is -3.73. The number of rotatable bonds is 6. The molecule has 0 saturated carbocycles. The molecular weight excluding hydrogens is 412 g/mol. The van der Waals surface area contributed by atoms with E-state index < -0.39 is 11.3 Å². The second kappa shape index (κ2) is 8.08. The van der Waals surface area contributed by atoms with Crippen LogP contribution in [0.2, 0.25) is 0 Å². The lowest BCUT2D eigenvalue weighted by Gasteiger charge is -2.20. The first-order valence-corrected chi connectivity index (χ1v) is 10.3. The number of nitrogens with two attached hydrogens (primary N) is 1. The number of anilines is 3. The monoisotopic (exact) mass is 438 g/mol. The topological polar surface area (TPSA) is 144 Å². The van der Waals surface area contributed by atoms with Gasteiger partial charge in [-0.2, -0.15) is 5.10 Å². The van der Waals surface area contributed by atoms with Crippen LogP contribution in [-0.4, -0.2) is 50.7 Å². The Kier molecular flexibility index (Phi) is 5.43. The zero-order valence-electron chi connectivity index (χ0n) is 18.4. The van der Waals surface area contributed by atoms with E-state index in [1.165, 1.54) is 15.8 Å². The van der Waals surface area contributed by atoms with Crippen LogP contribution >= 0.6 is 0 Å². The molecule has 11 heteroatoms. The summed E-state index contributed by atoms with van der Waals surface area (Å²) in [4.78, 5) is 35.7. The highest BCUT2D eigenvalue weighted by Crippen LogP contribution is 2.36. The lowest BCUT2D eigenvalue weighted by atomic mass is 9.88. The molecule has 0 aliphatic carbocycles. The van der Waals surface area contributed by atoms with Gasteiger partial charge in [0.25, 0.3) is 5.91 Å². The average Bonchev–Trinajstić information content (AvgIpc) is 3.43. The Morgan fingerprint density at radius 1 is 1.41 bits per heavy atom. The number of hydrogen-bond donors (Lipinski definition) is 3. The summed E-state index contributed by atoms with van der Waals surface area (Å²) in [6.07, 6.45) is 4.55. The van der Waals surface area contributed by atoms with Gasteiger partial charge in [-0.05, 0) is 32.9 Å². The van der Waals surface area contributed by atoms with Crippen LogP contribution in [0.1, 0.15) is 31.3 Å². The van der Waals surface area contributed by atoms with Crippen molar-refractivity contribution < 1.29 is 14.0 Å². The van der Waals surface area contributed by atoms with Crippen LogP contribution in [-0.2, 0) is 11.8 Å². The molecule has 1 atom stereocenters. The molecule has 4 rings (SSSR count). The molecule has 32 heavy (non-hydrogen) atoms. The summed E-state index contributed by atoms with van der Waals surface area (Å²) in [5.41, 5.74) is 6.62. The Labute approximate surface area is 185 Å². The lowest BCUT2D eigenvalue weighted by molar-refractivity contribution is -0.124. The van der Waals surface area contributed by atoms with Gasteiger partial charge in [0.2, 0.25) is 11.8 Å². The highest BCUT2D eigenvalue weighted by Gasteiger charge is 2.47. The molecule has 3 aromatic rings. The number of nitrogens with one attached hydrogen (secondary N) is 2. The molecule has 11 nitrogen and oxygen atoms in total. The van der Waals surface area contributed by atoms with Gasteiger partial charge in [-0.25, -0.2) is 9.97 Å². The Morgan fingerprint density at radius 3 is 2.88 bits per heavy atom. The molecule has 0 spiro atoms. The quantitative estimate of drug-likeness (QED) is 0.529. The fourth-order valence-electron chi connectivity index (χ4n) is 3.50. The lowest BCUT2D eigenvalue weighted by Crippen LogP contribution is -2.37. The van der Waals surface area contributed by atoms with Gasteiger partial charge < -0.3 is 20.8 Å². The first kappa shape index (κ1) is 21.5. The molecule has 1 fully saturated rings. The molecule has 0 radical (unpaired) electrons. The van der Waals surface area contributed by atoms with Gasteiger partial charge in [-0.3, -0.25) is 19.2 Å². The van der Waals surface area contributed by atoms with Crippen molar-refractivity contribution in [1.82, 2.24) is 19.7 Å². The minimum atomic E-state index is -0.712. The highest BCUT2D eigenvalue weighted by molar-refractivity contribution is 6.07. The Bertz CT molecular complexity index is 1170. The molecular formula is C21H26N8O3. The van der Waals surface area contributed by atoms with Gasteiger partial charge in [0.15, 0.2) is 11.5 Å². The van der Waals surface area contributed by atoms with E-state index in [1.54, 1.807) is 45.4 Å². The molecule has 1 aliphatic rings. The third kappa shape index (κ3) is 3.82. The van der Waals surface area contributed by atoms with E-state index in [9.17, 15) is 9.59 Å². The minimum Gasteiger partial charge on any atom is -0.444 e. The van der Waals surface area contributed by atoms with E-state index in [4.69, 9.17) is 10.2 Å². The molecule has 2 amide bonds. The number of aryl methyl sites for hydroxylation is 1. The zero-order chi connectivity index (χ0) is 23.0. The summed E-state index contributed by atoms with van der Waals surface area (Å²) >= 11 is 0. The summed E-state index contributed by atoms with van der Waals surface area (Å²) in [7, 11) is 1.71. The second-order valence-corrected chi connectivity index (χ2v) is 8.24. The molecule has 1 unspecified atom stereocenters. The van der Waals surface area contributed by atoms with E-state index in [2.05, 4.69) is 25.7 Å². The number of nitrogens with zero attached hydrogens (tertiary/aromatic N) is 5. The maximum absolute atomic E-state index is 12.9. The number of amides is 2. The Morgan fingerprint density at radius 2 is 2.19 bits per heavy atom. The van der Waals surface area contributed by atoms with Crippen LogP contribution in [0.25, 0.3) is 11.5 Å². The van der Waals surface area contributed by atoms with Crippen molar-refractivity contribution in [3.05, 3.63) is 36.5 Å². The number of pyridine rings is 1. The van der Waals surface area contributed by atoms with Crippen molar-refractivity contribution in [2.75, 3.05) is 28.6 Å². The molecule has 1 aliphatic heterocycles. The summed E-state index contributed by atoms with van der Waals surface area (Å²) < 4.78 is 7.04. The van der Waals surface area contributed by atoms with Crippen molar-refractivity contribution in [3.8, 4) is 11.5 Å². The van der Waals surface area contributed by atoms with Crippen molar-refractivity contribution in [2.24, 2.45) is 18.2 Å². The van der Waals surface area contributed by atoms with Crippen LogP contribution < -0.4 is 21.3 Å². The van der Waals surface area contributed by atoms with Crippen LogP contribution in [0.3, 0.4) is 0 Å². The van der Waals surface area contributed by atoms with Crippen LogP contribution in [0, 0.1) is 5.41 Å². The molecule has 168 valence electrons. The predicted molar refractivity (Wildman–Crippen MR) is 119 cm³/mol. The third-order valence-electron chi connectivity index (χ3n) is 5.52. The summed E-state index contributed by atoms with van der Waals surface area (Å²) in [6.45, 7) is 6.62. The van der Waals surface area contributed by atoms with Crippen LogP contribution in [0.5, 0.6) is 0 Å². The van der Waals surface area contributed by atoms with Crippen molar-refractivity contribution in [3.63, 3.8) is 0 Å². The van der Waals surface area contributed by atoms with E-state index in [-0.39, 0.29) is 17.6 Å². The van der Waals surface area contributed by atoms with Gasteiger partial charge in [0, 0.05) is 37.9 Å². The van der Waals surface area contributed by atoms with Crippen molar-refractivity contribution in [1.29, 1.82) is 0 Å². The fraction of sp³-hybridized carbons (Fsp3) is 0.381. The second-order valence-electron chi connectivity index (χ2n) is 8.24. The first-order valence-electron chi connectivity index (χ1n) is 10.3. The summed E-state index contributed by atoms with van der Waals surface area (Å²) in [5.74, 6) is 0.707. The van der Waals surface area contributed by atoms with Gasteiger partial charge in [0.1, 0.15) is 17.8 Å². The van der Waals surface area contributed by atoms with E-state index >= 15 is 0 Å². The first-order chi connectivity index (χ1) is 15.2. The van der Waals surface area contributed by atoms with Crippen LogP contribution in [0.15, 0.2) is 35.2 Å². The number of hydrogen-bond acceptors (Lipinski definition) is 8. The van der Waals surface area contributed by atoms with Crippen molar-refractivity contribution in [2.45, 2.75) is 26.8 Å². The number of aromatic nitrogens is 4. The molecule has 0 bridgehead atoms. The van der Waals surface area contributed by atoms with E-state index in [0.717, 1.165) is 6.54 Å². The molecule has 3 aromatic heterocycles. The average molecular weight is 438 g/mol.